The molecule has 3 aromatic rings. The number of ketones is 1. The molecule has 7 heteroatoms. The number of aromatic nitrogens is 2. The van der Waals surface area contributed by atoms with E-state index in [4.69, 9.17) is 4.98 Å². The fourth-order valence-electron chi connectivity index (χ4n) is 4.81. The minimum Gasteiger partial charge on any atom is -0.293 e. The van der Waals surface area contributed by atoms with E-state index in [1.807, 2.05) is 28.8 Å². The van der Waals surface area contributed by atoms with Gasteiger partial charge in [0.05, 0.1) is 11.1 Å². The molecule has 0 saturated heterocycles. The average Bonchev–Trinajstić information content (AvgIpc) is 3.17. The van der Waals surface area contributed by atoms with Gasteiger partial charge in [0.15, 0.2) is 10.9 Å². The zero-order valence-electron chi connectivity index (χ0n) is 17.4. The van der Waals surface area contributed by atoms with Gasteiger partial charge in [0.1, 0.15) is 4.83 Å². The second kappa shape index (κ2) is 9.20. The van der Waals surface area contributed by atoms with E-state index in [1.165, 1.54) is 35.0 Å². The molecule has 0 amide bonds. The van der Waals surface area contributed by atoms with Crippen LogP contribution in [0.1, 0.15) is 71.8 Å². The topological polar surface area (TPSA) is 52.0 Å². The number of hydrogen-bond acceptors (Lipinski definition) is 5. The van der Waals surface area contributed by atoms with Crippen molar-refractivity contribution in [2.75, 3.05) is 5.75 Å². The lowest BCUT2D eigenvalue weighted by Gasteiger charge is -2.26. The van der Waals surface area contributed by atoms with Crippen LogP contribution in [0.3, 0.4) is 0 Å². The molecule has 5 rings (SSSR count). The van der Waals surface area contributed by atoms with E-state index < -0.39 is 0 Å². The van der Waals surface area contributed by atoms with Gasteiger partial charge in [0.25, 0.3) is 5.56 Å². The highest BCUT2D eigenvalue weighted by Gasteiger charge is 2.26. The van der Waals surface area contributed by atoms with Gasteiger partial charge in [0, 0.05) is 21.0 Å². The summed E-state index contributed by atoms with van der Waals surface area (Å²) in [5.41, 5.74) is 2.06. The Hall–Kier alpha value is -1.44. The highest BCUT2D eigenvalue weighted by atomic mass is 79.9. The third-order valence-corrected chi connectivity index (χ3v) is 9.09. The smallest absolute Gasteiger partial charge is 0.263 e. The molecule has 1 saturated carbocycles. The first kappa shape index (κ1) is 21.4. The van der Waals surface area contributed by atoms with Crippen LogP contribution in [-0.2, 0) is 12.8 Å². The SMILES string of the molecule is O=C(CSc1nc2sc3c(c2c(=O)n1C1CCCCC1)CCCC3)c1ccc(Br)cc1. The summed E-state index contributed by atoms with van der Waals surface area (Å²) in [7, 11) is 0. The van der Waals surface area contributed by atoms with Crippen molar-refractivity contribution in [2.24, 2.45) is 0 Å². The van der Waals surface area contributed by atoms with Crippen LogP contribution in [-0.4, -0.2) is 21.1 Å². The summed E-state index contributed by atoms with van der Waals surface area (Å²) in [6.45, 7) is 0. The molecule has 0 unspecified atom stereocenters. The summed E-state index contributed by atoms with van der Waals surface area (Å²) < 4.78 is 2.90. The summed E-state index contributed by atoms with van der Waals surface area (Å²) >= 11 is 6.52. The molecule has 0 atom stereocenters. The molecule has 1 aromatic carbocycles. The predicted octanol–water partition coefficient (Wildman–Crippen LogP) is 6.58. The van der Waals surface area contributed by atoms with Gasteiger partial charge < -0.3 is 0 Å². The summed E-state index contributed by atoms with van der Waals surface area (Å²) in [6, 6.07) is 7.64. The van der Waals surface area contributed by atoms with E-state index in [-0.39, 0.29) is 23.1 Å². The number of hydrogen-bond donors (Lipinski definition) is 0. The van der Waals surface area contributed by atoms with Crippen molar-refractivity contribution in [3.8, 4) is 0 Å². The zero-order valence-corrected chi connectivity index (χ0v) is 20.6. The number of carbonyl (C=O) groups is 1. The first-order valence-corrected chi connectivity index (χ1v) is 13.7. The van der Waals surface area contributed by atoms with Crippen molar-refractivity contribution < 1.29 is 4.79 Å². The molecule has 0 radical (unpaired) electrons. The number of benzene rings is 1. The summed E-state index contributed by atoms with van der Waals surface area (Å²) in [5.74, 6) is 0.352. The van der Waals surface area contributed by atoms with Gasteiger partial charge in [-0.25, -0.2) is 4.98 Å². The molecule has 0 aliphatic heterocycles. The quantitative estimate of drug-likeness (QED) is 0.218. The molecule has 2 heterocycles. The Bertz CT molecular complexity index is 1180. The molecule has 0 spiro atoms. The van der Waals surface area contributed by atoms with Gasteiger partial charge in [0.2, 0.25) is 0 Å². The molecule has 2 aromatic heterocycles. The Kier molecular flexibility index (Phi) is 6.35. The van der Waals surface area contributed by atoms with Gasteiger partial charge in [-0.05, 0) is 56.2 Å². The maximum atomic E-state index is 13.8. The highest BCUT2D eigenvalue weighted by molar-refractivity contribution is 9.10. The van der Waals surface area contributed by atoms with Crippen LogP contribution in [0.4, 0.5) is 0 Å². The second-order valence-corrected chi connectivity index (χ2v) is 11.4. The average molecular weight is 518 g/mol. The lowest BCUT2D eigenvalue weighted by molar-refractivity contribution is 0.102. The summed E-state index contributed by atoms with van der Waals surface area (Å²) in [4.78, 5) is 33.7. The van der Waals surface area contributed by atoms with E-state index in [1.54, 1.807) is 11.3 Å². The fourth-order valence-corrected chi connectivity index (χ4v) is 7.34. The fraction of sp³-hybridized carbons (Fsp3) is 0.458. The Morgan fingerprint density at radius 1 is 1.10 bits per heavy atom. The Morgan fingerprint density at radius 3 is 2.61 bits per heavy atom. The lowest BCUT2D eigenvalue weighted by Crippen LogP contribution is -2.29. The van der Waals surface area contributed by atoms with Crippen LogP contribution in [0.15, 0.2) is 38.7 Å². The zero-order chi connectivity index (χ0) is 21.4. The van der Waals surface area contributed by atoms with Crippen molar-refractivity contribution in [1.82, 2.24) is 9.55 Å². The molecular formula is C24H25BrN2O2S2. The van der Waals surface area contributed by atoms with Gasteiger partial charge in [-0.3, -0.25) is 14.2 Å². The van der Waals surface area contributed by atoms with Crippen LogP contribution < -0.4 is 5.56 Å². The third kappa shape index (κ3) is 4.29. The van der Waals surface area contributed by atoms with Gasteiger partial charge >= 0.3 is 0 Å². The van der Waals surface area contributed by atoms with E-state index in [0.29, 0.717) is 10.7 Å². The largest absolute Gasteiger partial charge is 0.293 e. The van der Waals surface area contributed by atoms with Crippen molar-refractivity contribution in [1.29, 1.82) is 0 Å². The Labute approximate surface area is 198 Å². The number of aryl methyl sites for hydroxylation is 2. The van der Waals surface area contributed by atoms with Crippen LogP contribution in [0.5, 0.6) is 0 Å². The second-order valence-electron chi connectivity index (χ2n) is 8.47. The number of fused-ring (bicyclic) bond motifs is 3. The van der Waals surface area contributed by atoms with E-state index in [9.17, 15) is 9.59 Å². The molecule has 31 heavy (non-hydrogen) atoms. The van der Waals surface area contributed by atoms with Crippen molar-refractivity contribution in [2.45, 2.75) is 69.0 Å². The van der Waals surface area contributed by atoms with E-state index >= 15 is 0 Å². The number of Topliss-reactive ketones (excluding diaryl/α,β-unsaturated/α-hetero) is 1. The maximum absolute atomic E-state index is 13.8. The minimum atomic E-state index is 0.0625. The van der Waals surface area contributed by atoms with Crippen LogP contribution >= 0.6 is 39.0 Å². The van der Waals surface area contributed by atoms with Gasteiger partial charge in [-0.2, -0.15) is 0 Å². The van der Waals surface area contributed by atoms with E-state index in [0.717, 1.165) is 59.6 Å². The summed E-state index contributed by atoms with van der Waals surface area (Å²) in [5, 5.41) is 1.57. The molecular weight excluding hydrogens is 492 g/mol. The number of rotatable bonds is 5. The number of nitrogens with zero attached hydrogens (tertiary/aromatic N) is 2. The molecule has 1 fully saturated rings. The van der Waals surface area contributed by atoms with Crippen molar-refractivity contribution in [3.05, 3.63) is 55.1 Å². The van der Waals surface area contributed by atoms with E-state index in [2.05, 4.69) is 15.9 Å². The lowest BCUT2D eigenvalue weighted by atomic mass is 9.94. The Balaban J connectivity index is 1.53. The number of halogens is 1. The third-order valence-electron chi connectivity index (χ3n) is 6.43. The number of thiophene rings is 1. The molecule has 162 valence electrons. The van der Waals surface area contributed by atoms with Gasteiger partial charge in [-0.15, -0.1) is 11.3 Å². The van der Waals surface area contributed by atoms with Crippen LogP contribution in [0.2, 0.25) is 0 Å². The molecule has 4 nitrogen and oxygen atoms in total. The van der Waals surface area contributed by atoms with Crippen molar-refractivity contribution in [3.63, 3.8) is 0 Å². The maximum Gasteiger partial charge on any atom is 0.263 e. The molecule has 0 bridgehead atoms. The first-order valence-electron chi connectivity index (χ1n) is 11.1. The monoisotopic (exact) mass is 516 g/mol. The number of carbonyl (C=O) groups excluding carboxylic acids is 1. The normalized spacial score (nSPS) is 17.1. The van der Waals surface area contributed by atoms with Crippen LogP contribution in [0.25, 0.3) is 10.2 Å². The molecule has 2 aliphatic rings. The standard InChI is InChI=1S/C24H25BrN2O2S2/c25-16-12-10-15(11-13-16)19(28)14-30-24-26-22-21(18-8-4-5-9-20(18)31-22)23(29)27(24)17-6-2-1-3-7-17/h10-13,17H,1-9,14H2. The Morgan fingerprint density at radius 2 is 1.84 bits per heavy atom. The number of thioether (sulfide) groups is 1. The van der Waals surface area contributed by atoms with Crippen LogP contribution in [0, 0.1) is 0 Å². The van der Waals surface area contributed by atoms with Crippen molar-refractivity contribution >= 4 is 55.0 Å². The summed E-state index contributed by atoms with van der Waals surface area (Å²) in [6.07, 6.45) is 9.98. The minimum absolute atomic E-state index is 0.0625. The molecule has 2 aliphatic carbocycles. The molecule has 0 N–H and O–H groups in total. The first-order chi connectivity index (χ1) is 15.1. The van der Waals surface area contributed by atoms with Gasteiger partial charge in [-0.1, -0.05) is 59.1 Å². The predicted molar refractivity (Wildman–Crippen MR) is 132 cm³/mol. The highest BCUT2D eigenvalue weighted by Crippen LogP contribution is 2.37.